The molecule has 1 amide bonds. The van der Waals surface area contributed by atoms with E-state index in [1.54, 1.807) is 12.4 Å². The zero-order valence-electron chi connectivity index (χ0n) is 15.3. The molecule has 1 aromatic carbocycles. The predicted octanol–water partition coefficient (Wildman–Crippen LogP) is 3.73. The van der Waals surface area contributed by atoms with Crippen molar-refractivity contribution in [2.45, 2.75) is 31.3 Å². The van der Waals surface area contributed by atoms with Crippen LogP contribution in [0.25, 0.3) is 17.1 Å². The van der Waals surface area contributed by atoms with Crippen LogP contribution in [0.2, 0.25) is 0 Å². The summed E-state index contributed by atoms with van der Waals surface area (Å²) in [6, 6.07) is 13.7. The van der Waals surface area contributed by atoms with Gasteiger partial charge in [-0.1, -0.05) is 49.7 Å². The quantitative estimate of drug-likeness (QED) is 0.452. The van der Waals surface area contributed by atoms with Gasteiger partial charge in [0.2, 0.25) is 5.91 Å². The van der Waals surface area contributed by atoms with E-state index in [-0.39, 0.29) is 5.91 Å². The number of benzene rings is 1. The monoisotopic (exact) mass is 381 g/mol. The molecule has 0 saturated heterocycles. The van der Waals surface area contributed by atoms with Crippen LogP contribution >= 0.6 is 11.8 Å². The molecule has 2 aromatic heterocycles. The van der Waals surface area contributed by atoms with Crippen molar-refractivity contribution in [1.82, 2.24) is 25.1 Å². The number of hydrogen-bond acceptors (Lipinski definition) is 5. The molecule has 6 nitrogen and oxygen atoms in total. The number of nitrogens with zero attached hydrogens (tertiary/aromatic N) is 4. The summed E-state index contributed by atoms with van der Waals surface area (Å²) < 4.78 is 1.98. The van der Waals surface area contributed by atoms with Crippen LogP contribution in [0.5, 0.6) is 0 Å². The molecule has 1 N–H and O–H groups in total. The van der Waals surface area contributed by atoms with Crippen LogP contribution in [-0.2, 0) is 4.79 Å². The van der Waals surface area contributed by atoms with E-state index < -0.39 is 0 Å². The van der Waals surface area contributed by atoms with Gasteiger partial charge in [-0.3, -0.25) is 14.3 Å². The van der Waals surface area contributed by atoms with E-state index in [2.05, 4.69) is 27.4 Å². The summed E-state index contributed by atoms with van der Waals surface area (Å²) in [6.07, 6.45) is 6.75. The number of hydrogen-bond donors (Lipinski definition) is 1. The third-order valence-corrected chi connectivity index (χ3v) is 4.95. The zero-order chi connectivity index (χ0) is 18.9. The molecule has 0 fully saturated rings. The van der Waals surface area contributed by atoms with E-state index in [9.17, 15) is 4.79 Å². The van der Waals surface area contributed by atoms with Gasteiger partial charge in [-0.2, -0.15) is 0 Å². The Kier molecular flexibility index (Phi) is 6.98. The van der Waals surface area contributed by atoms with Gasteiger partial charge in [0.1, 0.15) is 0 Å². The summed E-state index contributed by atoms with van der Waals surface area (Å²) in [7, 11) is 0. The molecule has 3 aromatic rings. The number of pyridine rings is 1. The highest BCUT2D eigenvalue weighted by atomic mass is 32.2. The minimum Gasteiger partial charge on any atom is -0.355 e. The summed E-state index contributed by atoms with van der Waals surface area (Å²) in [6.45, 7) is 2.87. The molecule has 0 spiro atoms. The fourth-order valence-corrected chi connectivity index (χ4v) is 3.43. The van der Waals surface area contributed by atoms with E-state index in [4.69, 9.17) is 0 Å². The number of amides is 1. The van der Waals surface area contributed by atoms with Crippen molar-refractivity contribution in [1.29, 1.82) is 0 Å². The average molecular weight is 382 g/mol. The van der Waals surface area contributed by atoms with Crippen molar-refractivity contribution in [2.75, 3.05) is 12.3 Å². The van der Waals surface area contributed by atoms with Gasteiger partial charge in [-0.25, -0.2) is 0 Å². The Morgan fingerprint density at radius 1 is 1.07 bits per heavy atom. The van der Waals surface area contributed by atoms with Gasteiger partial charge in [0, 0.05) is 30.2 Å². The van der Waals surface area contributed by atoms with Crippen molar-refractivity contribution in [2.24, 2.45) is 0 Å². The van der Waals surface area contributed by atoms with Crippen molar-refractivity contribution >= 4 is 17.7 Å². The minimum absolute atomic E-state index is 0.0178. The Morgan fingerprint density at radius 2 is 1.85 bits per heavy atom. The molecule has 0 radical (unpaired) electrons. The van der Waals surface area contributed by atoms with Gasteiger partial charge in [0.15, 0.2) is 11.0 Å². The van der Waals surface area contributed by atoms with E-state index in [0.29, 0.717) is 10.9 Å². The Bertz CT molecular complexity index is 851. The van der Waals surface area contributed by atoms with Crippen LogP contribution in [0.15, 0.2) is 60.0 Å². The minimum atomic E-state index is 0.0178. The van der Waals surface area contributed by atoms with E-state index in [1.807, 2.05) is 47.0 Å². The van der Waals surface area contributed by atoms with Crippen LogP contribution in [0, 0.1) is 0 Å². The largest absolute Gasteiger partial charge is 0.355 e. The van der Waals surface area contributed by atoms with Gasteiger partial charge in [0.25, 0.3) is 0 Å². The second-order valence-corrected chi connectivity index (χ2v) is 7.00. The molecular formula is C20H23N5OS. The number of carbonyl (C=O) groups is 1. The number of thioether (sulfide) groups is 1. The highest BCUT2D eigenvalue weighted by Crippen LogP contribution is 2.27. The summed E-state index contributed by atoms with van der Waals surface area (Å²) in [5, 5.41) is 12.3. The molecule has 27 heavy (non-hydrogen) atoms. The number of carbonyl (C=O) groups excluding carboxylic acids is 1. The van der Waals surface area contributed by atoms with E-state index in [0.717, 1.165) is 42.9 Å². The molecule has 0 bridgehead atoms. The maximum atomic E-state index is 12.1. The van der Waals surface area contributed by atoms with E-state index >= 15 is 0 Å². The third-order valence-electron chi connectivity index (χ3n) is 4.02. The van der Waals surface area contributed by atoms with Gasteiger partial charge in [-0.05, 0) is 30.7 Å². The second-order valence-electron chi connectivity index (χ2n) is 6.06. The lowest BCUT2D eigenvalue weighted by molar-refractivity contribution is -0.118. The van der Waals surface area contributed by atoms with Crippen LogP contribution in [0.1, 0.15) is 26.2 Å². The second kappa shape index (κ2) is 9.87. The van der Waals surface area contributed by atoms with Crippen molar-refractivity contribution in [3.8, 4) is 17.1 Å². The topological polar surface area (TPSA) is 72.7 Å². The lowest BCUT2D eigenvalue weighted by atomic mass is 10.2. The Morgan fingerprint density at radius 3 is 2.59 bits per heavy atom. The molecule has 0 aliphatic rings. The molecule has 0 aliphatic heterocycles. The lowest BCUT2D eigenvalue weighted by Crippen LogP contribution is -2.26. The van der Waals surface area contributed by atoms with Gasteiger partial charge in [-0.15, -0.1) is 10.2 Å². The molecule has 0 saturated carbocycles. The van der Waals surface area contributed by atoms with Gasteiger partial charge in [0.05, 0.1) is 5.75 Å². The first-order valence-electron chi connectivity index (χ1n) is 9.10. The van der Waals surface area contributed by atoms with Crippen molar-refractivity contribution in [3.63, 3.8) is 0 Å². The summed E-state index contributed by atoms with van der Waals surface area (Å²) in [4.78, 5) is 16.2. The highest BCUT2D eigenvalue weighted by Gasteiger charge is 2.17. The predicted molar refractivity (Wildman–Crippen MR) is 108 cm³/mol. The summed E-state index contributed by atoms with van der Waals surface area (Å²) >= 11 is 1.39. The highest BCUT2D eigenvalue weighted by molar-refractivity contribution is 7.99. The van der Waals surface area contributed by atoms with Crippen LogP contribution in [0.3, 0.4) is 0 Å². The maximum Gasteiger partial charge on any atom is 0.230 e. The number of unbranched alkanes of at least 4 members (excludes halogenated alkanes) is 2. The standard InChI is InChI=1S/C20H23N5OS/c1-2-3-7-12-22-18(26)15-27-20-24-23-19(16-10-13-21-14-11-16)25(20)17-8-5-4-6-9-17/h4-6,8-11,13-14H,2-3,7,12,15H2,1H3,(H,22,26). The maximum absolute atomic E-state index is 12.1. The molecule has 0 aliphatic carbocycles. The molecule has 0 atom stereocenters. The number of rotatable bonds is 9. The summed E-state index contributed by atoms with van der Waals surface area (Å²) in [5.41, 5.74) is 1.89. The van der Waals surface area contributed by atoms with E-state index in [1.165, 1.54) is 11.8 Å². The first-order valence-corrected chi connectivity index (χ1v) is 10.1. The van der Waals surface area contributed by atoms with Crippen LogP contribution in [-0.4, -0.2) is 38.0 Å². The first kappa shape index (κ1) is 19.1. The Labute approximate surface area is 163 Å². The smallest absolute Gasteiger partial charge is 0.230 e. The molecule has 2 heterocycles. The van der Waals surface area contributed by atoms with Gasteiger partial charge < -0.3 is 5.32 Å². The summed E-state index contributed by atoms with van der Waals surface area (Å²) in [5.74, 6) is 1.06. The fourth-order valence-electron chi connectivity index (χ4n) is 2.65. The molecule has 3 rings (SSSR count). The Balaban J connectivity index is 1.77. The number of para-hydroxylation sites is 1. The van der Waals surface area contributed by atoms with Crippen LogP contribution in [0.4, 0.5) is 0 Å². The van der Waals surface area contributed by atoms with Crippen LogP contribution < -0.4 is 5.32 Å². The molecular weight excluding hydrogens is 358 g/mol. The third kappa shape index (κ3) is 5.17. The SMILES string of the molecule is CCCCCNC(=O)CSc1nnc(-c2ccncc2)n1-c1ccccc1. The molecule has 140 valence electrons. The first-order chi connectivity index (χ1) is 13.3. The Hall–Kier alpha value is -2.67. The van der Waals surface area contributed by atoms with Gasteiger partial charge >= 0.3 is 0 Å². The molecule has 0 unspecified atom stereocenters. The zero-order valence-corrected chi connectivity index (χ0v) is 16.2. The number of aromatic nitrogens is 4. The molecule has 7 heteroatoms. The lowest BCUT2D eigenvalue weighted by Gasteiger charge is -2.10. The normalized spacial score (nSPS) is 10.7. The van der Waals surface area contributed by atoms with Crippen molar-refractivity contribution in [3.05, 3.63) is 54.9 Å². The van der Waals surface area contributed by atoms with Crippen molar-refractivity contribution < 1.29 is 4.79 Å². The number of nitrogens with one attached hydrogen (secondary N) is 1. The average Bonchev–Trinajstić information content (AvgIpc) is 3.15. The fraction of sp³-hybridized carbons (Fsp3) is 0.300.